The molecule has 0 aliphatic carbocycles. The van der Waals surface area contributed by atoms with E-state index in [9.17, 15) is 4.79 Å². The SMILES string of the molecule is CN1C(=O)CCC12CCCNC2. The number of nitrogens with zero attached hydrogens (tertiary/aromatic N) is 1. The van der Waals surface area contributed by atoms with Gasteiger partial charge in [0.05, 0.1) is 5.54 Å². The molecule has 2 aliphatic heterocycles. The van der Waals surface area contributed by atoms with Gasteiger partial charge in [0.25, 0.3) is 0 Å². The van der Waals surface area contributed by atoms with Crippen molar-refractivity contribution in [2.45, 2.75) is 31.2 Å². The summed E-state index contributed by atoms with van der Waals surface area (Å²) in [5.74, 6) is 0.318. The van der Waals surface area contributed by atoms with E-state index in [0.29, 0.717) is 5.91 Å². The second-order valence-corrected chi connectivity index (χ2v) is 3.96. The molecule has 1 unspecified atom stereocenters. The van der Waals surface area contributed by atoms with Crippen molar-refractivity contribution < 1.29 is 4.79 Å². The first kappa shape index (κ1) is 8.05. The Morgan fingerprint density at radius 2 is 2.33 bits per heavy atom. The van der Waals surface area contributed by atoms with E-state index in [2.05, 4.69) is 5.32 Å². The zero-order valence-electron chi connectivity index (χ0n) is 7.60. The molecule has 0 aromatic heterocycles. The number of piperidine rings is 1. The Morgan fingerprint density at radius 1 is 1.50 bits per heavy atom. The van der Waals surface area contributed by atoms with E-state index < -0.39 is 0 Å². The van der Waals surface area contributed by atoms with Crippen molar-refractivity contribution >= 4 is 5.91 Å². The fourth-order valence-electron chi connectivity index (χ4n) is 2.39. The number of carbonyl (C=O) groups excluding carboxylic acids is 1. The Labute approximate surface area is 73.1 Å². The molecule has 0 bridgehead atoms. The van der Waals surface area contributed by atoms with Crippen LogP contribution in [0.15, 0.2) is 0 Å². The largest absolute Gasteiger partial charge is 0.339 e. The van der Waals surface area contributed by atoms with E-state index in [1.807, 2.05) is 11.9 Å². The van der Waals surface area contributed by atoms with Gasteiger partial charge >= 0.3 is 0 Å². The van der Waals surface area contributed by atoms with Crippen LogP contribution in [0.1, 0.15) is 25.7 Å². The predicted octanol–water partition coefficient (Wildman–Crippen LogP) is 0.361. The second kappa shape index (κ2) is 2.73. The van der Waals surface area contributed by atoms with Gasteiger partial charge in [-0.25, -0.2) is 0 Å². The van der Waals surface area contributed by atoms with E-state index in [0.717, 1.165) is 25.9 Å². The van der Waals surface area contributed by atoms with E-state index in [-0.39, 0.29) is 5.54 Å². The number of hydrogen-bond acceptors (Lipinski definition) is 2. The molecule has 1 spiro atoms. The van der Waals surface area contributed by atoms with Crippen LogP contribution in [0, 0.1) is 0 Å². The fourth-order valence-corrected chi connectivity index (χ4v) is 2.39. The molecular formula is C9H16N2O. The van der Waals surface area contributed by atoms with Crippen molar-refractivity contribution in [3.8, 4) is 0 Å². The molecule has 2 aliphatic rings. The second-order valence-electron chi connectivity index (χ2n) is 3.96. The number of hydrogen-bond donors (Lipinski definition) is 1. The first-order valence-corrected chi connectivity index (χ1v) is 4.72. The van der Waals surface area contributed by atoms with E-state index in [1.54, 1.807) is 0 Å². The normalized spacial score (nSPS) is 36.4. The van der Waals surface area contributed by atoms with Crippen molar-refractivity contribution in [2.75, 3.05) is 20.1 Å². The topological polar surface area (TPSA) is 32.3 Å². The van der Waals surface area contributed by atoms with Gasteiger partial charge in [0, 0.05) is 20.0 Å². The van der Waals surface area contributed by atoms with Crippen LogP contribution in [0.4, 0.5) is 0 Å². The third-order valence-corrected chi connectivity index (χ3v) is 3.34. The molecule has 1 atom stereocenters. The molecular weight excluding hydrogens is 152 g/mol. The summed E-state index contributed by atoms with van der Waals surface area (Å²) in [5.41, 5.74) is 0.176. The smallest absolute Gasteiger partial charge is 0.222 e. The van der Waals surface area contributed by atoms with Gasteiger partial charge in [-0.1, -0.05) is 0 Å². The third kappa shape index (κ3) is 1.04. The lowest BCUT2D eigenvalue weighted by Gasteiger charge is -2.39. The van der Waals surface area contributed by atoms with Crippen LogP contribution in [0.2, 0.25) is 0 Å². The maximum absolute atomic E-state index is 11.3. The molecule has 0 radical (unpaired) electrons. The maximum atomic E-state index is 11.3. The van der Waals surface area contributed by atoms with Gasteiger partial charge in [-0.05, 0) is 25.8 Å². The van der Waals surface area contributed by atoms with Gasteiger partial charge in [-0.3, -0.25) is 4.79 Å². The lowest BCUT2D eigenvalue weighted by Crippen LogP contribution is -2.53. The van der Waals surface area contributed by atoms with Crippen LogP contribution < -0.4 is 5.32 Å². The molecule has 2 heterocycles. The van der Waals surface area contributed by atoms with Crippen molar-refractivity contribution in [2.24, 2.45) is 0 Å². The molecule has 2 saturated heterocycles. The Kier molecular flexibility index (Phi) is 1.83. The number of likely N-dealkylation sites (N-methyl/N-ethyl adjacent to an activating group) is 1. The zero-order chi connectivity index (χ0) is 8.60. The number of rotatable bonds is 0. The van der Waals surface area contributed by atoms with E-state index >= 15 is 0 Å². The summed E-state index contributed by atoms with van der Waals surface area (Å²) in [5, 5.41) is 3.37. The van der Waals surface area contributed by atoms with Crippen molar-refractivity contribution in [3.05, 3.63) is 0 Å². The fraction of sp³-hybridized carbons (Fsp3) is 0.889. The highest BCUT2D eigenvalue weighted by Gasteiger charge is 2.43. The molecule has 2 rings (SSSR count). The maximum Gasteiger partial charge on any atom is 0.222 e. The molecule has 3 heteroatoms. The van der Waals surface area contributed by atoms with Crippen molar-refractivity contribution in [3.63, 3.8) is 0 Å². The Balaban J connectivity index is 2.14. The lowest BCUT2D eigenvalue weighted by atomic mass is 9.88. The average molecular weight is 168 g/mol. The number of likely N-dealkylation sites (tertiary alicyclic amines) is 1. The monoisotopic (exact) mass is 168 g/mol. The summed E-state index contributed by atoms with van der Waals surface area (Å²) in [7, 11) is 1.95. The predicted molar refractivity (Wildman–Crippen MR) is 46.8 cm³/mol. The molecule has 0 aromatic carbocycles. The van der Waals surface area contributed by atoms with Gasteiger partial charge in [0.2, 0.25) is 5.91 Å². The third-order valence-electron chi connectivity index (χ3n) is 3.34. The summed E-state index contributed by atoms with van der Waals surface area (Å²) >= 11 is 0. The van der Waals surface area contributed by atoms with Gasteiger partial charge in [-0.2, -0.15) is 0 Å². The molecule has 1 N–H and O–H groups in total. The molecule has 2 fully saturated rings. The Bertz CT molecular complexity index is 197. The van der Waals surface area contributed by atoms with Crippen LogP contribution in [-0.4, -0.2) is 36.5 Å². The van der Waals surface area contributed by atoms with E-state index in [1.165, 1.54) is 12.8 Å². The molecule has 0 saturated carbocycles. The average Bonchev–Trinajstić information content (AvgIpc) is 2.37. The van der Waals surface area contributed by atoms with Crippen LogP contribution in [0.5, 0.6) is 0 Å². The highest BCUT2D eigenvalue weighted by molar-refractivity contribution is 5.79. The van der Waals surface area contributed by atoms with Gasteiger partial charge < -0.3 is 10.2 Å². The van der Waals surface area contributed by atoms with Gasteiger partial charge in [-0.15, -0.1) is 0 Å². The quantitative estimate of drug-likeness (QED) is 0.566. The number of carbonyl (C=O) groups is 1. The summed E-state index contributed by atoms with van der Waals surface area (Å²) in [6, 6.07) is 0. The molecule has 3 nitrogen and oxygen atoms in total. The first-order chi connectivity index (χ1) is 5.75. The zero-order valence-corrected chi connectivity index (χ0v) is 7.60. The van der Waals surface area contributed by atoms with Crippen molar-refractivity contribution in [1.29, 1.82) is 0 Å². The number of nitrogens with one attached hydrogen (secondary N) is 1. The summed E-state index contributed by atoms with van der Waals surface area (Å²) in [4.78, 5) is 13.3. The molecule has 1 amide bonds. The molecule has 0 aromatic rings. The summed E-state index contributed by atoms with van der Waals surface area (Å²) < 4.78 is 0. The highest BCUT2D eigenvalue weighted by atomic mass is 16.2. The van der Waals surface area contributed by atoms with Gasteiger partial charge in [0.15, 0.2) is 0 Å². The minimum Gasteiger partial charge on any atom is -0.339 e. The minimum absolute atomic E-state index is 0.176. The van der Waals surface area contributed by atoms with Crippen LogP contribution in [0.3, 0.4) is 0 Å². The van der Waals surface area contributed by atoms with Crippen LogP contribution in [-0.2, 0) is 4.79 Å². The standard InChI is InChI=1S/C9H16N2O/c1-11-8(12)3-5-9(11)4-2-6-10-7-9/h10H,2-7H2,1H3. The minimum atomic E-state index is 0.176. The van der Waals surface area contributed by atoms with Gasteiger partial charge in [0.1, 0.15) is 0 Å². The Morgan fingerprint density at radius 3 is 2.83 bits per heavy atom. The summed E-state index contributed by atoms with van der Waals surface area (Å²) in [6.45, 7) is 2.11. The van der Waals surface area contributed by atoms with E-state index in [4.69, 9.17) is 0 Å². The molecule has 12 heavy (non-hydrogen) atoms. The van der Waals surface area contributed by atoms with Crippen LogP contribution in [0.25, 0.3) is 0 Å². The Hall–Kier alpha value is -0.570. The van der Waals surface area contributed by atoms with Crippen LogP contribution >= 0.6 is 0 Å². The number of amides is 1. The lowest BCUT2D eigenvalue weighted by molar-refractivity contribution is -0.130. The molecule has 68 valence electrons. The van der Waals surface area contributed by atoms with Crippen molar-refractivity contribution in [1.82, 2.24) is 10.2 Å². The summed E-state index contributed by atoms with van der Waals surface area (Å²) in [6.07, 6.45) is 4.19. The highest BCUT2D eigenvalue weighted by Crippen LogP contribution is 2.33. The first-order valence-electron chi connectivity index (χ1n) is 4.72.